The highest BCUT2D eigenvalue weighted by Crippen LogP contribution is 2.34. The molecular weight excluding hydrogens is 290 g/mol. The van der Waals surface area contributed by atoms with Gasteiger partial charge in [0.2, 0.25) is 0 Å². The summed E-state index contributed by atoms with van der Waals surface area (Å²) in [4.78, 5) is 29.8. The van der Waals surface area contributed by atoms with Crippen LogP contribution in [0.4, 0.5) is 0 Å². The Hall–Kier alpha value is -3.01. The van der Waals surface area contributed by atoms with Crippen molar-refractivity contribution in [3.05, 3.63) is 71.4 Å². The number of hydrogen-bond donors (Lipinski definition) is 0. The van der Waals surface area contributed by atoms with Gasteiger partial charge in [0.1, 0.15) is 17.2 Å². The van der Waals surface area contributed by atoms with E-state index < -0.39 is 5.92 Å². The number of Topliss-reactive ketones (excluding diaryl/α,β-unsaturated/α-hetero) is 2. The topological polar surface area (TPSA) is 56.3 Å². The lowest BCUT2D eigenvalue weighted by Gasteiger charge is -2.10. The minimum absolute atomic E-state index is 0.188. The predicted octanol–water partition coefficient (Wildman–Crippen LogP) is 3.41. The van der Waals surface area contributed by atoms with Crippen LogP contribution in [-0.2, 0) is 0 Å². The van der Waals surface area contributed by atoms with Gasteiger partial charge in [-0.2, -0.15) is 0 Å². The Morgan fingerprint density at radius 2 is 1.57 bits per heavy atom. The lowest BCUT2D eigenvalue weighted by Crippen LogP contribution is -2.14. The third-order valence-corrected chi connectivity index (χ3v) is 4.20. The summed E-state index contributed by atoms with van der Waals surface area (Å²) >= 11 is 0. The molecule has 0 bridgehead atoms. The zero-order valence-electron chi connectivity index (χ0n) is 12.4. The van der Waals surface area contributed by atoms with Crippen LogP contribution in [0.2, 0.25) is 0 Å². The molecule has 4 heteroatoms. The molecule has 1 aromatic heterocycles. The molecule has 0 N–H and O–H groups in total. The van der Waals surface area contributed by atoms with E-state index in [1.807, 2.05) is 24.3 Å². The normalized spacial score (nSPS) is 14.3. The number of fused-ring (bicyclic) bond motifs is 2. The van der Waals surface area contributed by atoms with E-state index >= 15 is 0 Å². The van der Waals surface area contributed by atoms with Crippen LogP contribution in [0.3, 0.4) is 0 Å². The number of nitrogens with zero attached hydrogens (tertiary/aromatic N) is 1. The van der Waals surface area contributed by atoms with Crippen LogP contribution in [0.5, 0.6) is 5.75 Å². The molecule has 0 saturated heterocycles. The standard InChI is InChI=1S/C19H13NO3/c1-23-15-8-4-5-11-9-10-14(20-17(11)15)16-18(21)12-6-2-3-7-13(12)19(16)22/h2-10,16H,1H3. The van der Waals surface area contributed by atoms with Crippen molar-refractivity contribution >= 4 is 22.5 Å². The second kappa shape index (κ2) is 5.02. The molecule has 0 aliphatic heterocycles. The van der Waals surface area contributed by atoms with Gasteiger partial charge in [-0.3, -0.25) is 9.59 Å². The Balaban J connectivity index is 1.88. The van der Waals surface area contributed by atoms with E-state index in [1.54, 1.807) is 37.4 Å². The van der Waals surface area contributed by atoms with Crippen molar-refractivity contribution in [2.75, 3.05) is 7.11 Å². The Bertz CT molecular complexity index is 927. The lowest BCUT2D eigenvalue weighted by atomic mass is 9.98. The molecule has 23 heavy (non-hydrogen) atoms. The smallest absolute Gasteiger partial charge is 0.180 e. The predicted molar refractivity (Wildman–Crippen MR) is 86.1 cm³/mol. The second-order valence-electron chi connectivity index (χ2n) is 5.48. The highest BCUT2D eigenvalue weighted by molar-refractivity contribution is 6.29. The minimum Gasteiger partial charge on any atom is -0.494 e. The number of ketones is 2. The van der Waals surface area contributed by atoms with Crippen LogP contribution < -0.4 is 4.74 Å². The number of rotatable bonds is 2. The maximum Gasteiger partial charge on any atom is 0.180 e. The molecule has 0 atom stereocenters. The van der Waals surface area contributed by atoms with Crippen molar-refractivity contribution < 1.29 is 14.3 Å². The molecule has 4 nitrogen and oxygen atoms in total. The SMILES string of the molecule is COc1cccc2ccc(C3C(=O)c4ccccc4C3=O)nc12. The minimum atomic E-state index is -0.860. The summed E-state index contributed by atoms with van der Waals surface area (Å²) in [6.45, 7) is 0. The number of aromatic nitrogens is 1. The fourth-order valence-corrected chi connectivity index (χ4v) is 3.07. The first-order chi connectivity index (χ1) is 11.2. The lowest BCUT2D eigenvalue weighted by molar-refractivity contribution is 0.0888. The monoisotopic (exact) mass is 303 g/mol. The number of carbonyl (C=O) groups is 2. The number of ether oxygens (including phenoxy) is 1. The van der Waals surface area contributed by atoms with Gasteiger partial charge in [0, 0.05) is 16.5 Å². The second-order valence-corrected chi connectivity index (χ2v) is 5.48. The highest BCUT2D eigenvalue weighted by atomic mass is 16.5. The molecule has 0 radical (unpaired) electrons. The van der Waals surface area contributed by atoms with Crippen LogP contribution in [0.1, 0.15) is 32.3 Å². The van der Waals surface area contributed by atoms with Gasteiger partial charge in [0.25, 0.3) is 0 Å². The summed E-state index contributed by atoms with van der Waals surface area (Å²) in [7, 11) is 1.57. The fourth-order valence-electron chi connectivity index (χ4n) is 3.07. The first-order valence-electron chi connectivity index (χ1n) is 7.32. The van der Waals surface area contributed by atoms with Gasteiger partial charge in [-0.1, -0.05) is 42.5 Å². The van der Waals surface area contributed by atoms with Crippen LogP contribution in [0, 0.1) is 0 Å². The number of para-hydroxylation sites is 1. The zero-order valence-corrected chi connectivity index (χ0v) is 12.4. The third kappa shape index (κ3) is 1.95. The summed E-state index contributed by atoms with van der Waals surface area (Å²) in [5.41, 5.74) is 2.08. The average molecular weight is 303 g/mol. The van der Waals surface area contributed by atoms with Crippen molar-refractivity contribution in [2.24, 2.45) is 0 Å². The van der Waals surface area contributed by atoms with E-state index in [0.29, 0.717) is 28.1 Å². The molecule has 2 aromatic carbocycles. The number of benzene rings is 2. The third-order valence-electron chi connectivity index (χ3n) is 4.20. The molecule has 0 fully saturated rings. The van der Waals surface area contributed by atoms with Crippen molar-refractivity contribution in [3.63, 3.8) is 0 Å². The molecule has 0 unspecified atom stereocenters. The summed E-state index contributed by atoms with van der Waals surface area (Å²) in [5.74, 6) is -0.610. The maximum atomic E-state index is 12.6. The van der Waals surface area contributed by atoms with E-state index in [0.717, 1.165) is 5.39 Å². The fraction of sp³-hybridized carbons (Fsp3) is 0.105. The first kappa shape index (κ1) is 13.6. The Kier molecular flexibility index (Phi) is 2.98. The zero-order chi connectivity index (χ0) is 16.0. The largest absolute Gasteiger partial charge is 0.494 e. The van der Waals surface area contributed by atoms with Crippen LogP contribution >= 0.6 is 0 Å². The summed E-state index contributed by atoms with van der Waals surface area (Å²) in [6.07, 6.45) is 0. The maximum absolute atomic E-state index is 12.6. The molecule has 0 amide bonds. The molecule has 1 aliphatic rings. The molecule has 4 rings (SSSR count). The van der Waals surface area contributed by atoms with Crippen molar-refractivity contribution in [2.45, 2.75) is 5.92 Å². The van der Waals surface area contributed by atoms with E-state index in [2.05, 4.69) is 4.98 Å². The first-order valence-corrected chi connectivity index (χ1v) is 7.32. The molecule has 112 valence electrons. The van der Waals surface area contributed by atoms with Crippen LogP contribution in [-0.4, -0.2) is 23.7 Å². The molecule has 1 aliphatic carbocycles. The average Bonchev–Trinajstić information content (AvgIpc) is 2.85. The van der Waals surface area contributed by atoms with Gasteiger partial charge in [-0.05, 0) is 12.1 Å². The van der Waals surface area contributed by atoms with Crippen LogP contribution in [0.25, 0.3) is 10.9 Å². The summed E-state index contributed by atoms with van der Waals surface area (Å²) in [5, 5.41) is 0.906. The molecule has 1 heterocycles. The number of pyridine rings is 1. The van der Waals surface area contributed by atoms with Gasteiger partial charge in [-0.15, -0.1) is 0 Å². The van der Waals surface area contributed by atoms with E-state index in [-0.39, 0.29) is 11.6 Å². The van der Waals surface area contributed by atoms with Gasteiger partial charge >= 0.3 is 0 Å². The molecule has 0 saturated carbocycles. The molecule has 0 spiro atoms. The van der Waals surface area contributed by atoms with Gasteiger partial charge in [0.05, 0.1) is 12.8 Å². The van der Waals surface area contributed by atoms with E-state index in [4.69, 9.17) is 4.74 Å². The van der Waals surface area contributed by atoms with Crippen LogP contribution in [0.15, 0.2) is 54.6 Å². The number of methoxy groups -OCH3 is 1. The quantitative estimate of drug-likeness (QED) is 0.681. The van der Waals surface area contributed by atoms with Crippen molar-refractivity contribution in [3.8, 4) is 5.75 Å². The summed E-state index contributed by atoms with van der Waals surface area (Å²) < 4.78 is 5.33. The van der Waals surface area contributed by atoms with E-state index in [1.165, 1.54) is 0 Å². The van der Waals surface area contributed by atoms with Gasteiger partial charge in [0.15, 0.2) is 11.6 Å². The Labute approximate surface area is 132 Å². The Morgan fingerprint density at radius 1 is 0.870 bits per heavy atom. The highest BCUT2D eigenvalue weighted by Gasteiger charge is 2.40. The number of hydrogen-bond acceptors (Lipinski definition) is 4. The molecule has 3 aromatic rings. The van der Waals surface area contributed by atoms with Gasteiger partial charge in [-0.25, -0.2) is 4.98 Å². The Morgan fingerprint density at radius 3 is 2.22 bits per heavy atom. The van der Waals surface area contributed by atoms with E-state index in [9.17, 15) is 9.59 Å². The summed E-state index contributed by atoms with van der Waals surface area (Å²) in [6, 6.07) is 16.1. The van der Waals surface area contributed by atoms with Crippen molar-refractivity contribution in [1.82, 2.24) is 4.98 Å². The van der Waals surface area contributed by atoms with Crippen molar-refractivity contribution in [1.29, 1.82) is 0 Å². The molecular formula is C19H13NO3. The van der Waals surface area contributed by atoms with Gasteiger partial charge < -0.3 is 4.74 Å². The number of carbonyl (C=O) groups excluding carboxylic acids is 2.